The van der Waals surface area contributed by atoms with Gasteiger partial charge in [-0.05, 0) is 73.5 Å². The Hall–Kier alpha value is -2.34. The lowest BCUT2D eigenvalue weighted by Crippen LogP contribution is -2.61. The van der Waals surface area contributed by atoms with Gasteiger partial charge in [0.1, 0.15) is 5.75 Å². The molecule has 1 aromatic carbocycles. The Labute approximate surface area is 187 Å². The first-order valence-corrected chi connectivity index (χ1v) is 12.0. The Morgan fingerprint density at radius 2 is 2.06 bits per heavy atom. The molecule has 3 saturated carbocycles. The van der Waals surface area contributed by atoms with Gasteiger partial charge in [0.15, 0.2) is 0 Å². The van der Waals surface area contributed by atoms with E-state index in [1.54, 1.807) is 12.1 Å². The number of fused-ring (bicyclic) bond motifs is 3. The number of carbonyl (C=O) groups excluding carboxylic acids is 1. The summed E-state index contributed by atoms with van der Waals surface area (Å²) in [6.45, 7) is 4.70. The van der Waals surface area contributed by atoms with Crippen LogP contribution in [-0.4, -0.2) is 28.1 Å². The molecule has 2 aromatic rings. The molecule has 0 spiro atoms. The maximum Gasteiger partial charge on any atom is 0.303 e. The molecule has 0 unspecified atom stereocenters. The molecule has 3 aliphatic carbocycles. The van der Waals surface area contributed by atoms with Crippen molar-refractivity contribution in [3.63, 3.8) is 0 Å². The summed E-state index contributed by atoms with van der Waals surface area (Å²) >= 11 is 1.52. The molecule has 1 aromatic heterocycles. The predicted octanol–water partition coefficient (Wildman–Crippen LogP) is 5.59. The largest absolute Gasteiger partial charge is 0.508 e. The van der Waals surface area contributed by atoms with Crippen molar-refractivity contribution in [2.75, 3.05) is 0 Å². The van der Waals surface area contributed by atoms with Gasteiger partial charge in [-0.25, -0.2) is 0 Å². The van der Waals surface area contributed by atoms with Gasteiger partial charge in [0.05, 0.1) is 5.56 Å². The minimum atomic E-state index is -0.750. The number of unbranched alkanes of at least 4 members (excludes halogenated alkanes) is 1. The van der Waals surface area contributed by atoms with Gasteiger partial charge < -0.3 is 15.5 Å². The summed E-state index contributed by atoms with van der Waals surface area (Å²) in [6, 6.07) is 5.30. The molecule has 4 atom stereocenters. The van der Waals surface area contributed by atoms with E-state index in [0.717, 1.165) is 29.3 Å². The van der Waals surface area contributed by atoms with Crippen molar-refractivity contribution < 1.29 is 19.8 Å². The summed E-state index contributed by atoms with van der Waals surface area (Å²) in [7, 11) is 0. The first-order valence-electron chi connectivity index (χ1n) is 11.1. The molecule has 3 aliphatic rings. The molecular formula is C25H31NO4S. The second kappa shape index (κ2) is 8.65. The summed E-state index contributed by atoms with van der Waals surface area (Å²) in [5, 5.41) is 24.6. The van der Waals surface area contributed by atoms with Crippen LogP contribution in [0.3, 0.4) is 0 Å². The van der Waals surface area contributed by atoms with E-state index >= 15 is 0 Å². The number of phenolic OH excluding ortho intramolecular Hbond substituents is 1. The van der Waals surface area contributed by atoms with Crippen molar-refractivity contribution in [3.05, 3.63) is 41.3 Å². The fourth-order valence-corrected chi connectivity index (χ4v) is 6.54. The van der Waals surface area contributed by atoms with Gasteiger partial charge in [0.25, 0.3) is 5.91 Å². The van der Waals surface area contributed by atoms with E-state index in [2.05, 4.69) is 31.3 Å². The molecule has 3 fully saturated rings. The van der Waals surface area contributed by atoms with Gasteiger partial charge in [-0.2, -0.15) is 0 Å². The molecule has 0 radical (unpaired) electrons. The maximum absolute atomic E-state index is 13.1. The third-order valence-electron chi connectivity index (χ3n) is 7.57. The number of allylic oxidation sites excluding steroid dienone is 2. The van der Waals surface area contributed by atoms with Crippen LogP contribution in [-0.2, 0) is 4.79 Å². The van der Waals surface area contributed by atoms with Crippen molar-refractivity contribution in [3.8, 4) is 5.75 Å². The normalized spacial score (nSPS) is 26.6. The lowest BCUT2D eigenvalue weighted by atomic mass is 9.44. The smallest absolute Gasteiger partial charge is 0.303 e. The zero-order chi connectivity index (χ0) is 22.2. The van der Waals surface area contributed by atoms with Gasteiger partial charge in [0, 0.05) is 27.9 Å². The quantitative estimate of drug-likeness (QED) is 0.368. The Kier molecular flexibility index (Phi) is 6.11. The molecule has 1 amide bonds. The average molecular weight is 442 g/mol. The second-order valence-corrected chi connectivity index (χ2v) is 10.6. The number of hydrogen-bond acceptors (Lipinski definition) is 4. The lowest BCUT2D eigenvalue weighted by Gasteiger charge is -2.62. The van der Waals surface area contributed by atoms with E-state index in [9.17, 15) is 14.7 Å². The van der Waals surface area contributed by atoms with E-state index in [1.165, 1.54) is 17.8 Å². The number of benzene rings is 1. The van der Waals surface area contributed by atoms with Crippen LogP contribution in [0.5, 0.6) is 5.75 Å². The van der Waals surface area contributed by atoms with Crippen molar-refractivity contribution in [1.82, 2.24) is 5.32 Å². The molecule has 31 heavy (non-hydrogen) atoms. The zero-order valence-corrected chi connectivity index (χ0v) is 19.0. The Morgan fingerprint density at radius 3 is 2.81 bits per heavy atom. The molecular weight excluding hydrogens is 410 g/mol. The molecule has 5 nitrogen and oxygen atoms in total. The van der Waals surface area contributed by atoms with Crippen LogP contribution in [0.1, 0.15) is 62.7 Å². The van der Waals surface area contributed by atoms with Gasteiger partial charge in [0.2, 0.25) is 0 Å². The molecule has 6 heteroatoms. The summed E-state index contributed by atoms with van der Waals surface area (Å²) in [6.07, 6.45) is 9.04. The number of aliphatic carboxylic acids is 1. The van der Waals surface area contributed by atoms with Gasteiger partial charge in [-0.15, -0.1) is 11.3 Å². The number of rotatable bonds is 8. The molecule has 5 rings (SSSR count). The van der Waals surface area contributed by atoms with Crippen LogP contribution in [0.2, 0.25) is 0 Å². The topological polar surface area (TPSA) is 86.6 Å². The van der Waals surface area contributed by atoms with Gasteiger partial charge >= 0.3 is 5.97 Å². The van der Waals surface area contributed by atoms with Gasteiger partial charge in [-0.1, -0.05) is 26.0 Å². The van der Waals surface area contributed by atoms with Crippen LogP contribution in [0.15, 0.2) is 35.7 Å². The standard InChI is InChI=1S/C25H31NO4S/c1-25(2)15-11-20(25)17(7-5-3-4-6-8-23(28)29)21(12-15)26-24(30)19-14-31-22-10-9-16(27)13-18(19)22/h3,5,9-10,13-15,17,20-21,27H,4,6-8,11-12H2,1-2H3,(H,26,30)(H,28,29)/b5-3-/t15-,17-,20+,21-/m1/s1. The van der Waals surface area contributed by atoms with E-state index in [1.807, 2.05) is 11.4 Å². The number of carbonyl (C=O) groups is 2. The maximum atomic E-state index is 13.1. The highest BCUT2D eigenvalue weighted by atomic mass is 32.1. The summed E-state index contributed by atoms with van der Waals surface area (Å²) in [5.74, 6) is 0.978. The number of carboxylic acid groups (broad SMARTS) is 1. The van der Waals surface area contributed by atoms with Gasteiger partial charge in [-0.3, -0.25) is 9.59 Å². The molecule has 0 aliphatic heterocycles. The first-order chi connectivity index (χ1) is 14.8. The highest BCUT2D eigenvalue weighted by Gasteiger charge is 2.57. The van der Waals surface area contributed by atoms with Crippen LogP contribution < -0.4 is 5.32 Å². The number of amides is 1. The number of nitrogens with one attached hydrogen (secondary N) is 1. The van der Waals surface area contributed by atoms with E-state index in [-0.39, 0.29) is 24.1 Å². The van der Waals surface area contributed by atoms with E-state index < -0.39 is 5.97 Å². The lowest BCUT2D eigenvalue weighted by molar-refractivity contribution is -0.137. The number of carboxylic acids is 1. The number of aromatic hydroxyl groups is 1. The molecule has 0 saturated heterocycles. The van der Waals surface area contributed by atoms with Crippen molar-refractivity contribution in [1.29, 1.82) is 0 Å². The molecule has 3 N–H and O–H groups in total. The van der Waals surface area contributed by atoms with Crippen molar-refractivity contribution >= 4 is 33.3 Å². The third kappa shape index (κ3) is 4.36. The number of thiophene rings is 1. The fourth-order valence-electron chi connectivity index (χ4n) is 5.62. The monoisotopic (exact) mass is 441 g/mol. The average Bonchev–Trinajstić information content (AvgIpc) is 3.13. The van der Waals surface area contributed by atoms with Crippen molar-refractivity contribution in [2.24, 2.45) is 23.2 Å². The minimum absolute atomic E-state index is 0.0589. The fraction of sp³-hybridized carbons (Fsp3) is 0.520. The van der Waals surface area contributed by atoms with Crippen LogP contribution >= 0.6 is 11.3 Å². The van der Waals surface area contributed by atoms with Crippen LogP contribution in [0, 0.1) is 23.2 Å². The number of hydrogen-bond donors (Lipinski definition) is 3. The molecule has 166 valence electrons. The third-order valence-corrected chi connectivity index (χ3v) is 8.54. The van der Waals surface area contributed by atoms with E-state index in [4.69, 9.17) is 5.11 Å². The van der Waals surface area contributed by atoms with E-state index in [0.29, 0.717) is 35.2 Å². The van der Waals surface area contributed by atoms with Crippen molar-refractivity contribution in [2.45, 2.75) is 58.4 Å². The second-order valence-electron chi connectivity index (χ2n) is 9.66. The van der Waals surface area contributed by atoms with Crippen LogP contribution in [0.4, 0.5) is 0 Å². The Morgan fingerprint density at radius 1 is 1.26 bits per heavy atom. The molecule has 2 bridgehead atoms. The number of phenols is 1. The molecule has 1 heterocycles. The summed E-state index contributed by atoms with van der Waals surface area (Å²) < 4.78 is 0.997. The summed E-state index contributed by atoms with van der Waals surface area (Å²) in [5.41, 5.74) is 0.946. The minimum Gasteiger partial charge on any atom is -0.508 e. The zero-order valence-electron chi connectivity index (χ0n) is 18.1. The first kappa shape index (κ1) is 21.9. The highest BCUT2D eigenvalue weighted by Crippen LogP contribution is 2.62. The summed E-state index contributed by atoms with van der Waals surface area (Å²) in [4.78, 5) is 23.8. The predicted molar refractivity (Wildman–Crippen MR) is 123 cm³/mol. The highest BCUT2D eigenvalue weighted by molar-refractivity contribution is 7.17. The Balaban J connectivity index is 1.45. The van der Waals surface area contributed by atoms with Crippen LogP contribution in [0.25, 0.3) is 10.1 Å². The SMILES string of the molecule is CC1(C)[C@H]2C[C@@H](NC(=O)c3csc4ccc(O)cc34)[C@H](C/C=C\CCCC(=O)O)[C@@H]1C2. The Bertz CT molecular complexity index is 1010.